The number of carbonyl (C=O) groups excluding carboxylic acids is 1. The van der Waals surface area contributed by atoms with Gasteiger partial charge in [-0.15, -0.1) is 0 Å². The number of benzene rings is 1. The Hall–Kier alpha value is -2.72. The molecule has 0 bridgehead atoms. The summed E-state index contributed by atoms with van der Waals surface area (Å²) >= 11 is 0. The molecule has 2 heterocycles. The van der Waals surface area contributed by atoms with Crippen LogP contribution < -0.4 is 4.72 Å². The molecule has 3 N–H and O–H groups in total. The predicted molar refractivity (Wildman–Crippen MR) is 96.2 cm³/mol. The first kappa shape index (κ1) is 18.1. The Morgan fingerprint density at radius 1 is 1.31 bits per heavy atom. The van der Waals surface area contributed by atoms with E-state index in [0.717, 1.165) is 10.9 Å². The summed E-state index contributed by atoms with van der Waals surface area (Å²) in [5.74, 6) is 0.0905. The van der Waals surface area contributed by atoms with Crippen molar-refractivity contribution in [3.63, 3.8) is 0 Å². The molecule has 3 aromatic rings. The van der Waals surface area contributed by atoms with Crippen molar-refractivity contribution < 1.29 is 13.2 Å². The molecule has 0 saturated carbocycles. The van der Waals surface area contributed by atoms with Crippen LogP contribution in [-0.2, 0) is 10.0 Å². The average molecular weight is 376 g/mol. The zero-order valence-electron chi connectivity index (χ0n) is 14.9. The number of H-pyrrole nitrogens is 2. The normalized spacial score (nSPS) is 13.1. The molecule has 0 radical (unpaired) electrons. The van der Waals surface area contributed by atoms with Crippen LogP contribution in [0.1, 0.15) is 34.8 Å². The Kier molecular flexibility index (Phi) is 4.55. The molecule has 0 spiro atoms. The maximum Gasteiger partial charge on any atom is 0.273 e. The molecule has 1 atom stereocenters. The van der Waals surface area contributed by atoms with Crippen LogP contribution in [-0.4, -0.2) is 53.5 Å². The molecule has 10 heteroatoms. The van der Waals surface area contributed by atoms with Crippen molar-refractivity contribution >= 4 is 26.8 Å². The SMILES string of the molecule is Cc1cc(S(=O)(=O)N[C@@H](C)c2nc(C(=O)N(C)C)c[nH]2)c2[nH]ncc2c1. The lowest BCUT2D eigenvalue weighted by Gasteiger charge is -2.13. The van der Waals surface area contributed by atoms with Crippen molar-refractivity contribution in [2.75, 3.05) is 14.1 Å². The zero-order valence-corrected chi connectivity index (χ0v) is 15.7. The van der Waals surface area contributed by atoms with Gasteiger partial charge in [-0.25, -0.2) is 18.1 Å². The van der Waals surface area contributed by atoms with Gasteiger partial charge in [-0.05, 0) is 31.5 Å². The largest absolute Gasteiger partial charge is 0.346 e. The minimum Gasteiger partial charge on any atom is -0.346 e. The molecule has 26 heavy (non-hydrogen) atoms. The topological polar surface area (TPSA) is 124 Å². The van der Waals surface area contributed by atoms with E-state index in [4.69, 9.17) is 0 Å². The summed E-state index contributed by atoms with van der Waals surface area (Å²) in [5.41, 5.74) is 1.48. The summed E-state index contributed by atoms with van der Waals surface area (Å²) in [6.45, 7) is 3.47. The van der Waals surface area contributed by atoms with E-state index < -0.39 is 16.1 Å². The summed E-state index contributed by atoms with van der Waals surface area (Å²) in [7, 11) is -0.588. The molecule has 0 aliphatic rings. The maximum atomic E-state index is 12.9. The number of imidazole rings is 1. The van der Waals surface area contributed by atoms with Crippen molar-refractivity contribution in [2.45, 2.75) is 24.8 Å². The Labute approximate surface area is 150 Å². The van der Waals surface area contributed by atoms with Crippen LogP contribution in [0.2, 0.25) is 0 Å². The fourth-order valence-electron chi connectivity index (χ4n) is 2.63. The second-order valence-corrected chi connectivity index (χ2v) is 7.99. The Balaban J connectivity index is 1.89. The van der Waals surface area contributed by atoms with Crippen molar-refractivity contribution in [3.05, 3.63) is 41.6 Å². The third kappa shape index (κ3) is 3.33. The maximum absolute atomic E-state index is 12.9. The van der Waals surface area contributed by atoms with Gasteiger partial charge in [0.1, 0.15) is 16.4 Å². The highest BCUT2D eigenvalue weighted by molar-refractivity contribution is 7.89. The molecule has 3 rings (SSSR count). The third-order valence-electron chi connectivity index (χ3n) is 3.91. The standard InChI is InChI=1S/C16H20N6O3S/c1-9-5-11-7-18-20-14(11)13(6-9)26(24,25)21-10(2)15-17-8-12(19-15)16(23)22(3)4/h5-8,10,21H,1-4H3,(H,17,19)(H,18,20)/t10-/m0/s1. The fraction of sp³-hybridized carbons (Fsp3) is 0.312. The van der Waals surface area contributed by atoms with Gasteiger partial charge in [-0.1, -0.05) is 0 Å². The lowest BCUT2D eigenvalue weighted by atomic mass is 10.2. The first-order valence-corrected chi connectivity index (χ1v) is 9.40. The highest BCUT2D eigenvalue weighted by atomic mass is 32.2. The Morgan fingerprint density at radius 2 is 2.04 bits per heavy atom. The van der Waals surface area contributed by atoms with Crippen LogP contribution in [0, 0.1) is 6.92 Å². The Bertz CT molecular complexity index is 1070. The van der Waals surface area contributed by atoms with E-state index in [9.17, 15) is 13.2 Å². The monoisotopic (exact) mass is 376 g/mol. The zero-order chi connectivity index (χ0) is 19.1. The van der Waals surface area contributed by atoms with Crippen molar-refractivity contribution in [1.82, 2.24) is 29.8 Å². The molecule has 1 amide bonds. The number of amides is 1. The van der Waals surface area contributed by atoms with E-state index in [-0.39, 0.29) is 16.5 Å². The van der Waals surface area contributed by atoms with Crippen molar-refractivity contribution in [3.8, 4) is 0 Å². The number of fused-ring (bicyclic) bond motifs is 1. The summed E-state index contributed by atoms with van der Waals surface area (Å²) in [5, 5.41) is 7.36. The lowest BCUT2D eigenvalue weighted by Crippen LogP contribution is -2.28. The first-order chi connectivity index (χ1) is 12.2. The Morgan fingerprint density at radius 3 is 2.73 bits per heavy atom. The second kappa shape index (κ2) is 6.54. The van der Waals surface area contributed by atoms with Gasteiger partial charge >= 0.3 is 0 Å². The minimum atomic E-state index is -3.83. The smallest absolute Gasteiger partial charge is 0.273 e. The summed E-state index contributed by atoms with van der Waals surface area (Å²) in [4.78, 5) is 20.5. The molecule has 138 valence electrons. The van der Waals surface area contributed by atoms with E-state index in [2.05, 4.69) is 24.9 Å². The highest BCUT2D eigenvalue weighted by Crippen LogP contribution is 2.24. The number of sulfonamides is 1. The quantitative estimate of drug-likeness (QED) is 0.620. The molecule has 0 aliphatic heterocycles. The van der Waals surface area contributed by atoms with Gasteiger partial charge in [-0.2, -0.15) is 5.10 Å². The summed E-state index contributed by atoms with van der Waals surface area (Å²) < 4.78 is 28.3. The third-order valence-corrected chi connectivity index (χ3v) is 5.48. The first-order valence-electron chi connectivity index (χ1n) is 7.92. The number of aromatic amines is 2. The van der Waals surface area contributed by atoms with Gasteiger partial charge in [0.05, 0.1) is 17.8 Å². The van der Waals surface area contributed by atoms with Gasteiger partial charge in [0.25, 0.3) is 5.91 Å². The summed E-state index contributed by atoms with van der Waals surface area (Å²) in [6.07, 6.45) is 3.04. The van der Waals surface area contributed by atoms with Crippen LogP contribution in [0.5, 0.6) is 0 Å². The number of nitrogens with one attached hydrogen (secondary N) is 3. The summed E-state index contributed by atoms with van der Waals surface area (Å²) in [6, 6.07) is 2.79. The number of carbonyl (C=O) groups is 1. The van der Waals surface area contributed by atoms with Gasteiger partial charge in [0.15, 0.2) is 0 Å². The number of hydrogen-bond donors (Lipinski definition) is 3. The van der Waals surface area contributed by atoms with Crippen molar-refractivity contribution in [2.24, 2.45) is 0 Å². The van der Waals surface area contributed by atoms with Crippen LogP contribution in [0.15, 0.2) is 29.4 Å². The van der Waals surface area contributed by atoms with Crippen LogP contribution in [0.3, 0.4) is 0 Å². The van der Waals surface area contributed by atoms with Crippen LogP contribution in [0.25, 0.3) is 10.9 Å². The molecular formula is C16H20N6O3S. The molecular weight excluding hydrogens is 356 g/mol. The second-order valence-electron chi connectivity index (χ2n) is 6.31. The highest BCUT2D eigenvalue weighted by Gasteiger charge is 2.24. The van der Waals surface area contributed by atoms with Crippen LogP contribution >= 0.6 is 0 Å². The molecule has 0 fully saturated rings. The number of aromatic nitrogens is 4. The van der Waals surface area contributed by atoms with E-state index in [1.54, 1.807) is 33.3 Å². The van der Waals surface area contributed by atoms with E-state index in [1.165, 1.54) is 11.1 Å². The van der Waals surface area contributed by atoms with E-state index in [0.29, 0.717) is 11.3 Å². The molecule has 0 aliphatic carbocycles. The molecule has 9 nitrogen and oxygen atoms in total. The van der Waals surface area contributed by atoms with Gasteiger partial charge < -0.3 is 9.88 Å². The molecule has 2 aromatic heterocycles. The van der Waals surface area contributed by atoms with E-state index in [1.807, 2.05) is 13.0 Å². The number of hydrogen-bond acceptors (Lipinski definition) is 5. The van der Waals surface area contributed by atoms with Crippen LogP contribution in [0.4, 0.5) is 0 Å². The van der Waals surface area contributed by atoms with E-state index >= 15 is 0 Å². The van der Waals surface area contributed by atoms with Gasteiger partial charge in [0, 0.05) is 25.7 Å². The number of aryl methyl sites for hydroxylation is 1. The van der Waals surface area contributed by atoms with Gasteiger partial charge in [-0.3, -0.25) is 9.89 Å². The number of rotatable bonds is 5. The fourth-order valence-corrected chi connectivity index (χ4v) is 4.11. The predicted octanol–water partition coefficient (Wildman–Crippen LogP) is 1.34. The number of nitrogens with zero attached hydrogens (tertiary/aromatic N) is 3. The average Bonchev–Trinajstić information content (AvgIpc) is 3.21. The van der Waals surface area contributed by atoms with Gasteiger partial charge in [0.2, 0.25) is 10.0 Å². The lowest BCUT2D eigenvalue weighted by molar-refractivity contribution is 0.0822. The molecule has 1 aromatic carbocycles. The minimum absolute atomic E-state index is 0.119. The molecule has 0 unspecified atom stereocenters. The van der Waals surface area contributed by atoms with Crippen molar-refractivity contribution in [1.29, 1.82) is 0 Å². The molecule has 0 saturated heterocycles.